The fraction of sp³-hybridized carbons (Fsp3) is 0.692. The molecule has 5 heteroatoms. The van der Waals surface area contributed by atoms with Crippen LogP contribution in [0.4, 0.5) is 0 Å². The monoisotopic (exact) mass is 250 g/mol. The molecule has 1 saturated heterocycles. The molecule has 0 unspecified atom stereocenters. The first-order valence-electron chi connectivity index (χ1n) is 6.59. The van der Waals surface area contributed by atoms with Crippen molar-refractivity contribution in [1.82, 2.24) is 14.7 Å². The van der Waals surface area contributed by atoms with Crippen LogP contribution in [0.2, 0.25) is 0 Å². The summed E-state index contributed by atoms with van der Waals surface area (Å²) in [5, 5.41) is 4.09. The highest BCUT2D eigenvalue weighted by atomic mass is 16.2. The van der Waals surface area contributed by atoms with Gasteiger partial charge >= 0.3 is 0 Å². The number of likely N-dealkylation sites (tertiary alicyclic amines) is 1. The molecule has 0 bridgehead atoms. The molecule has 1 aliphatic rings. The zero-order valence-corrected chi connectivity index (χ0v) is 11.2. The topological polar surface area (TPSA) is 64.2 Å². The Labute approximate surface area is 108 Å². The van der Waals surface area contributed by atoms with Gasteiger partial charge in [0.2, 0.25) is 5.91 Å². The summed E-state index contributed by atoms with van der Waals surface area (Å²) in [7, 11) is 1.86. The van der Waals surface area contributed by atoms with Crippen LogP contribution in [0, 0.1) is 5.92 Å². The molecule has 1 fully saturated rings. The molecule has 18 heavy (non-hydrogen) atoms. The van der Waals surface area contributed by atoms with Gasteiger partial charge in [-0.15, -0.1) is 0 Å². The van der Waals surface area contributed by atoms with Crippen molar-refractivity contribution in [3.05, 3.63) is 18.0 Å². The van der Waals surface area contributed by atoms with E-state index in [1.54, 1.807) is 10.9 Å². The number of nitrogens with zero attached hydrogens (tertiary/aromatic N) is 3. The molecule has 2 atom stereocenters. The van der Waals surface area contributed by atoms with Crippen LogP contribution in [0.5, 0.6) is 0 Å². The van der Waals surface area contributed by atoms with E-state index in [0.717, 1.165) is 18.5 Å². The van der Waals surface area contributed by atoms with Gasteiger partial charge in [-0.2, -0.15) is 5.10 Å². The standard InChI is InChI=1S/C13H22N4O/c1-10-4-3-5-17(12(10)7-14)13(18)6-11-8-15-16(2)9-11/h8-10,12H,3-7,14H2,1-2H3/t10-,12-/m1/s1. The number of rotatable bonds is 3. The number of carbonyl (C=O) groups is 1. The van der Waals surface area contributed by atoms with Crippen molar-refractivity contribution in [3.63, 3.8) is 0 Å². The van der Waals surface area contributed by atoms with Gasteiger partial charge < -0.3 is 10.6 Å². The SMILES string of the molecule is C[C@@H]1CCCN(C(=O)Cc2cnn(C)c2)[C@@H]1CN. The lowest BCUT2D eigenvalue weighted by Gasteiger charge is -2.39. The van der Waals surface area contributed by atoms with E-state index in [-0.39, 0.29) is 11.9 Å². The molecule has 0 aromatic carbocycles. The van der Waals surface area contributed by atoms with Crippen molar-refractivity contribution in [3.8, 4) is 0 Å². The lowest BCUT2D eigenvalue weighted by molar-refractivity contribution is -0.135. The highest BCUT2D eigenvalue weighted by Crippen LogP contribution is 2.23. The van der Waals surface area contributed by atoms with Crippen LogP contribution >= 0.6 is 0 Å². The Morgan fingerprint density at radius 2 is 2.39 bits per heavy atom. The molecule has 5 nitrogen and oxygen atoms in total. The van der Waals surface area contributed by atoms with Crippen molar-refractivity contribution >= 4 is 5.91 Å². The van der Waals surface area contributed by atoms with Crippen molar-refractivity contribution in [2.45, 2.75) is 32.2 Å². The third-order valence-corrected chi connectivity index (χ3v) is 3.79. The number of piperidine rings is 1. The second-order valence-corrected chi connectivity index (χ2v) is 5.21. The van der Waals surface area contributed by atoms with E-state index in [1.807, 2.05) is 18.1 Å². The summed E-state index contributed by atoms with van der Waals surface area (Å²) in [5.41, 5.74) is 6.78. The van der Waals surface area contributed by atoms with Crippen LogP contribution in [0.25, 0.3) is 0 Å². The van der Waals surface area contributed by atoms with Gasteiger partial charge in [-0.25, -0.2) is 0 Å². The van der Waals surface area contributed by atoms with Crippen LogP contribution in [-0.2, 0) is 18.3 Å². The predicted molar refractivity (Wildman–Crippen MR) is 69.9 cm³/mol. The second kappa shape index (κ2) is 5.52. The third-order valence-electron chi connectivity index (χ3n) is 3.79. The third kappa shape index (κ3) is 2.72. The molecule has 0 spiro atoms. The maximum Gasteiger partial charge on any atom is 0.227 e. The van der Waals surface area contributed by atoms with Crippen LogP contribution in [-0.4, -0.2) is 39.7 Å². The fourth-order valence-corrected chi connectivity index (χ4v) is 2.76. The molecule has 2 N–H and O–H groups in total. The summed E-state index contributed by atoms with van der Waals surface area (Å²) in [6, 6.07) is 0.197. The molecule has 1 aliphatic heterocycles. The molecule has 1 aromatic rings. The first kappa shape index (κ1) is 13.1. The van der Waals surface area contributed by atoms with Crippen molar-refractivity contribution in [1.29, 1.82) is 0 Å². The van der Waals surface area contributed by atoms with Gasteiger partial charge in [0.1, 0.15) is 0 Å². The minimum atomic E-state index is 0.171. The molecule has 2 heterocycles. The lowest BCUT2D eigenvalue weighted by atomic mass is 9.90. The Bertz CT molecular complexity index is 415. The maximum atomic E-state index is 12.3. The average molecular weight is 250 g/mol. The number of hydrogen-bond acceptors (Lipinski definition) is 3. The molecular weight excluding hydrogens is 228 g/mol. The van der Waals surface area contributed by atoms with Crippen LogP contribution in [0.1, 0.15) is 25.3 Å². The first-order valence-corrected chi connectivity index (χ1v) is 6.59. The number of amides is 1. The van der Waals surface area contributed by atoms with Gasteiger partial charge in [0, 0.05) is 32.4 Å². The summed E-state index contributed by atoms with van der Waals surface area (Å²) in [4.78, 5) is 14.3. The molecule has 1 aromatic heterocycles. The zero-order valence-electron chi connectivity index (χ0n) is 11.2. The minimum absolute atomic E-state index is 0.171. The average Bonchev–Trinajstić information content (AvgIpc) is 2.74. The highest BCUT2D eigenvalue weighted by molar-refractivity contribution is 5.79. The highest BCUT2D eigenvalue weighted by Gasteiger charge is 2.30. The van der Waals surface area contributed by atoms with E-state index >= 15 is 0 Å². The fourth-order valence-electron chi connectivity index (χ4n) is 2.76. The van der Waals surface area contributed by atoms with Crippen molar-refractivity contribution in [2.24, 2.45) is 18.7 Å². The summed E-state index contributed by atoms with van der Waals surface area (Å²) in [6.07, 6.45) is 6.32. The van der Waals surface area contributed by atoms with Gasteiger partial charge in [-0.1, -0.05) is 6.92 Å². The van der Waals surface area contributed by atoms with E-state index in [1.165, 1.54) is 6.42 Å². The van der Waals surface area contributed by atoms with Gasteiger partial charge in [-0.3, -0.25) is 9.48 Å². The molecule has 2 rings (SSSR count). The van der Waals surface area contributed by atoms with E-state index in [2.05, 4.69) is 12.0 Å². The normalized spacial score (nSPS) is 24.3. The number of carbonyl (C=O) groups excluding carboxylic acids is 1. The molecule has 100 valence electrons. The largest absolute Gasteiger partial charge is 0.338 e. The van der Waals surface area contributed by atoms with E-state index in [4.69, 9.17) is 5.73 Å². The van der Waals surface area contributed by atoms with Gasteiger partial charge in [-0.05, 0) is 24.3 Å². The Balaban J connectivity index is 2.03. The molecule has 0 aliphatic carbocycles. The first-order chi connectivity index (χ1) is 8.61. The Morgan fingerprint density at radius 1 is 1.61 bits per heavy atom. The Kier molecular flexibility index (Phi) is 4.01. The smallest absolute Gasteiger partial charge is 0.227 e. The van der Waals surface area contributed by atoms with E-state index in [0.29, 0.717) is 18.9 Å². The Morgan fingerprint density at radius 3 is 3.00 bits per heavy atom. The Hall–Kier alpha value is -1.36. The molecule has 1 amide bonds. The zero-order chi connectivity index (χ0) is 13.1. The number of hydrogen-bond donors (Lipinski definition) is 1. The number of nitrogens with two attached hydrogens (primary N) is 1. The molecule has 0 saturated carbocycles. The lowest BCUT2D eigenvalue weighted by Crippen LogP contribution is -2.51. The van der Waals surface area contributed by atoms with Gasteiger partial charge in [0.15, 0.2) is 0 Å². The van der Waals surface area contributed by atoms with E-state index < -0.39 is 0 Å². The van der Waals surface area contributed by atoms with Gasteiger partial charge in [0.25, 0.3) is 0 Å². The van der Waals surface area contributed by atoms with E-state index in [9.17, 15) is 4.79 Å². The van der Waals surface area contributed by atoms with Crippen LogP contribution in [0.15, 0.2) is 12.4 Å². The van der Waals surface area contributed by atoms with Crippen molar-refractivity contribution < 1.29 is 4.79 Å². The summed E-state index contributed by atoms with van der Waals surface area (Å²) in [6.45, 7) is 3.58. The summed E-state index contributed by atoms with van der Waals surface area (Å²) in [5.74, 6) is 0.673. The summed E-state index contributed by atoms with van der Waals surface area (Å²) < 4.78 is 1.72. The quantitative estimate of drug-likeness (QED) is 0.852. The number of aryl methyl sites for hydroxylation is 1. The minimum Gasteiger partial charge on any atom is -0.338 e. The molecular formula is C13H22N4O. The maximum absolute atomic E-state index is 12.3. The second-order valence-electron chi connectivity index (χ2n) is 5.21. The predicted octanol–water partition coefficient (Wildman–Crippen LogP) is 0.548. The van der Waals surface area contributed by atoms with Crippen molar-refractivity contribution in [2.75, 3.05) is 13.1 Å². The van der Waals surface area contributed by atoms with Gasteiger partial charge in [0.05, 0.1) is 12.6 Å². The summed E-state index contributed by atoms with van der Waals surface area (Å²) >= 11 is 0. The van der Waals surface area contributed by atoms with Crippen LogP contribution in [0.3, 0.4) is 0 Å². The number of aromatic nitrogens is 2. The molecule has 0 radical (unpaired) electrons. The van der Waals surface area contributed by atoms with Crippen LogP contribution < -0.4 is 5.73 Å².